The molecule has 1 aliphatic heterocycles. The van der Waals surface area contributed by atoms with Crippen molar-refractivity contribution in [3.05, 3.63) is 45.4 Å². The molecule has 0 aromatic heterocycles. The molecule has 2 aromatic rings. The molecule has 1 aliphatic rings. The van der Waals surface area contributed by atoms with E-state index in [9.17, 15) is 9.59 Å². The van der Waals surface area contributed by atoms with E-state index in [-0.39, 0.29) is 28.3 Å². The number of aliphatic imine (C=N–C) groups is 1. The lowest BCUT2D eigenvalue weighted by Crippen LogP contribution is -2.36. The highest BCUT2D eigenvalue weighted by Gasteiger charge is 2.30. The molecule has 0 aliphatic carbocycles. The van der Waals surface area contributed by atoms with Crippen LogP contribution in [0.3, 0.4) is 0 Å². The second kappa shape index (κ2) is 16.7. The topological polar surface area (TPSA) is 83.0 Å². The number of hydrogen-bond donors (Lipinski definition) is 2. The summed E-state index contributed by atoms with van der Waals surface area (Å²) in [5.74, 6) is 0.577. The number of amides is 2. The Bertz CT molecular complexity index is 1170. The molecule has 218 valence electrons. The van der Waals surface area contributed by atoms with Gasteiger partial charge in [-0.3, -0.25) is 15.0 Å². The summed E-state index contributed by atoms with van der Waals surface area (Å²) in [6.45, 7) is 2.24. The molecule has 3 rings (SSSR count). The van der Waals surface area contributed by atoms with Crippen LogP contribution in [-0.2, 0) is 9.59 Å². The van der Waals surface area contributed by atoms with Crippen molar-refractivity contribution in [2.24, 2.45) is 4.99 Å². The summed E-state index contributed by atoms with van der Waals surface area (Å²) in [4.78, 5) is 29.8. The predicted molar refractivity (Wildman–Crippen MR) is 167 cm³/mol. The van der Waals surface area contributed by atoms with Crippen LogP contribution in [0.5, 0.6) is 5.75 Å². The number of carbonyl (C=O) groups excluding carboxylic acids is 2. The number of hydrogen-bond acceptors (Lipinski definition) is 4. The summed E-state index contributed by atoms with van der Waals surface area (Å²) in [5.41, 5.74) is 4.35. The Kier molecular flexibility index (Phi) is 13.4. The van der Waals surface area contributed by atoms with Crippen molar-refractivity contribution in [3.63, 3.8) is 0 Å². The van der Waals surface area contributed by atoms with E-state index in [2.05, 4.69) is 22.7 Å². The van der Waals surface area contributed by atoms with Crippen LogP contribution in [0, 0.1) is 0 Å². The van der Waals surface area contributed by atoms with E-state index in [1.54, 1.807) is 18.2 Å². The number of anilines is 2. The highest BCUT2D eigenvalue weighted by Crippen LogP contribution is 2.38. The maximum atomic E-state index is 12.7. The average molecular weight is 610 g/mol. The first-order valence-corrected chi connectivity index (χ1v) is 15.2. The summed E-state index contributed by atoms with van der Waals surface area (Å²) >= 11 is 18.6. The first-order valence-electron chi connectivity index (χ1n) is 14.1. The van der Waals surface area contributed by atoms with Crippen molar-refractivity contribution >= 4 is 69.5 Å². The Morgan fingerprint density at radius 2 is 1.55 bits per heavy atom. The zero-order valence-electron chi connectivity index (χ0n) is 23.3. The Labute approximate surface area is 252 Å². The molecule has 2 aromatic carbocycles. The molecule has 1 saturated heterocycles. The fourth-order valence-corrected chi connectivity index (χ4v) is 5.61. The first-order chi connectivity index (χ1) is 19.3. The minimum Gasteiger partial charge on any atom is -0.494 e. The van der Waals surface area contributed by atoms with Gasteiger partial charge in [-0.25, -0.2) is 10.0 Å². The van der Waals surface area contributed by atoms with Gasteiger partial charge in [-0.1, -0.05) is 106 Å². The lowest BCUT2D eigenvalue weighted by Gasteiger charge is -2.19. The molecule has 0 spiro atoms. The van der Waals surface area contributed by atoms with Gasteiger partial charge in [-0.15, -0.1) is 0 Å². The largest absolute Gasteiger partial charge is 0.494 e. The molecule has 1 fully saturated rings. The van der Waals surface area contributed by atoms with Crippen LogP contribution in [-0.4, -0.2) is 24.8 Å². The Hall–Kier alpha value is -2.48. The highest BCUT2D eigenvalue weighted by atomic mass is 35.5. The lowest BCUT2D eigenvalue weighted by atomic mass is 10.1. The molecule has 2 N–H and O–H groups in total. The van der Waals surface area contributed by atoms with Crippen molar-refractivity contribution < 1.29 is 14.3 Å². The number of carbonyl (C=O) groups is 2. The number of halogens is 3. The third kappa shape index (κ3) is 9.86. The van der Waals surface area contributed by atoms with Crippen LogP contribution in [0.4, 0.5) is 17.1 Å². The molecular formula is C30H39Cl3N4O3. The molecule has 0 unspecified atom stereocenters. The van der Waals surface area contributed by atoms with Crippen LogP contribution in [0.1, 0.15) is 90.4 Å². The Morgan fingerprint density at radius 1 is 0.950 bits per heavy atom. The van der Waals surface area contributed by atoms with Gasteiger partial charge in [-0.05, 0) is 36.8 Å². The van der Waals surface area contributed by atoms with Gasteiger partial charge >= 0.3 is 0 Å². The average Bonchev–Trinajstić information content (AvgIpc) is 3.26. The van der Waals surface area contributed by atoms with Crippen LogP contribution >= 0.6 is 34.8 Å². The third-order valence-electron chi connectivity index (χ3n) is 6.74. The van der Waals surface area contributed by atoms with Gasteiger partial charge < -0.3 is 10.1 Å². The number of nitrogens with zero attached hydrogens (tertiary/aromatic N) is 2. The molecule has 7 nitrogen and oxygen atoms in total. The van der Waals surface area contributed by atoms with Crippen LogP contribution < -0.4 is 20.5 Å². The van der Waals surface area contributed by atoms with Gasteiger partial charge in [0.05, 0.1) is 23.6 Å². The maximum Gasteiger partial charge on any atom is 0.253 e. The fraction of sp³-hybridized carbons (Fsp3) is 0.500. The Balaban J connectivity index is 1.50. The van der Waals surface area contributed by atoms with Crippen LogP contribution in [0.15, 0.2) is 35.3 Å². The molecule has 10 heteroatoms. The Morgan fingerprint density at radius 3 is 2.15 bits per heavy atom. The molecule has 0 bridgehead atoms. The number of rotatable bonds is 16. The van der Waals surface area contributed by atoms with Crippen molar-refractivity contribution in [2.45, 2.75) is 90.4 Å². The minimum atomic E-state index is -0.278. The summed E-state index contributed by atoms with van der Waals surface area (Å²) in [7, 11) is 1.54. The first kappa shape index (κ1) is 32.0. The van der Waals surface area contributed by atoms with Crippen molar-refractivity contribution in [2.75, 3.05) is 17.4 Å². The van der Waals surface area contributed by atoms with E-state index in [0.29, 0.717) is 40.1 Å². The second-order valence-corrected chi connectivity index (χ2v) is 11.3. The number of nitrogens with one attached hydrogen (secondary N) is 2. The van der Waals surface area contributed by atoms with Gasteiger partial charge in [0.2, 0.25) is 5.91 Å². The molecular weight excluding hydrogens is 571 g/mol. The normalized spacial score (nSPS) is 14.1. The van der Waals surface area contributed by atoms with Crippen LogP contribution in [0.2, 0.25) is 15.1 Å². The molecule has 1 heterocycles. The molecule has 0 radical (unpaired) electrons. The number of benzene rings is 2. The third-order valence-corrected chi connectivity index (χ3v) is 7.53. The fourth-order valence-electron chi connectivity index (χ4n) is 4.62. The van der Waals surface area contributed by atoms with E-state index >= 15 is 0 Å². The summed E-state index contributed by atoms with van der Waals surface area (Å²) < 4.78 is 5.45. The zero-order chi connectivity index (χ0) is 28.9. The monoisotopic (exact) mass is 608 g/mol. The number of amidine groups is 1. The maximum absolute atomic E-state index is 12.7. The summed E-state index contributed by atoms with van der Waals surface area (Å²) in [6.07, 6.45) is 14.1. The van der Waals surface area contributed by atoms with Gasteiger partial charge in [0.25, 0.3) is 5.91 Å². The lowest BCUT2D eigenvalue weighted by molar-refractivity contribution is -0.117. The zero-order valence-corrected chi connectivity index (χ0v) is 25.6. The molecule has 40 heavy (non-hydrogen) atoms. The van der Waals surface area contributed by atoms with E-state index in [0.717, 1.165) is 12.8 Å². The minimum absolute atomic E-state index is 0.00782. The SMILES string of the molecule is CCCCCCCCCCCCCC(=O)Nc1ccc(OC)c(N=C2CC(=O)N(c3c(Cl)cc(Cl)cc3Cl)N2)c1. The van der Waals surface area contributed by atoms with E-state index < -0.39 is 0 Å². The van der Waals surface area contributed by atoms with Crippen LogP contribution in [0.25, 0.3) is 0 Å². The summed E-state index contributed by atoms with van der Waals surface area (Å²) in [6, 6.07) is 8.26. The summed E-state index contributed by atoms with van der Waals surface area (Å²) in [5, 5.41) is 5.04. The molecule has 2 amide bonds. The van der Waals surface area contributed by atoms with Gasteiger partial charge in [0.15, 0.2) is 0 Å². The van der Waals surface area contributed by atoms with Gasteiger partial charge in [0, 0.05) is 17.1 Å². The van der Waals surface area contributed by atoms with Gasteiger partial charge in [0.1, 0.15) is 23.0 Å². The number of methoxy groups -OCH3 is 1. The van der Waals surface area contributed by atoms with E-state index in [4.69, 9.17) is 39.5 Å². The van der Waals surface area contributed by atoms with Crippen molar-refractivity contribution in [1.29, 1.82) is 0 Å². The molecule has 0 atom stereocenters. The highest BCUT2D eigenvalue weighted by molar-refractivity contribution is 6.42. The quantitative estimate of drug-likeness (QED) is 0.186. The number of hydrazine groups is 1. The number of unbranched alkanes of at least 4 members (excludes halogenated alkanes) is 10. The molecule has 0 saturated carbocycles. The van der Waals surface area contributed by atoms with E-state index in [1.165, 1.54) is 82.0 Å². The number of ether oxygens (including phenoxy) is 1. The standard InChI is InChI=1S/C30H39Cl3N4O3/c1-3-4-5-6-7-8-9-10-11-12-13-14-28(38)34-22-15-16-26(40-2)25(19-22)35-27-20-29(39)37(36-27)30-23(32)17-21(31)18-24(30)33/h15-19H,3-14,20H2,1-2H3,(H,34,38)(H,35,36). The smallest absolute Gasteiger partial charge is 0.253 e. The van der Waals surface area contributed by atoms with Gasteiger partial charge in [-0.2, -0.15) is 0 Å². The predicted octanol–water partition coefficient (Wildman–Crippen LogP) is 9.27. The van der Waals surface area contributed by atoms with Crippen molar-refractivity contribution in [3.8, 4) is 5.75 Å². The van der Waals surface area contributed by atoms with E-state index in [1.807, 2.05) is 0 Å². The second-order valence-electron chi connectivity index (χ2n) is 10.0. The van der Waals surface area contributed by atoms with Crippen molar-refractivity contribution in [1.82, 2.24) is 5.43 Å².